The van der Waals surface area contributed by atoms with E-state index in [9.17, 15) is 0 Å². The molecule has 4 heteroatoms. The summed E-state index contributed by atoms with van der Waals surface area (Å²) in [5, 5.41) is 0. The lowest BCUT2D eigenvalue weighted by Crippen LogP contribution is -1.91. The Balaban J connectivity index is 2.06. The van der Waals surface area contributed by atoms with Gasteiger partial charge in [-0.25, -0.2) is 15.0 Å². The second kappa shape index (κ2) is 4.17. The highest BCUT2D eigenvalue weighted by Crippen LogP contribution is 2.20. The Kier molecular flexibility index (Phi) is 2.38. The number of hydrogen-bond acceptors (Lipinski definition) is 4. The monoisotopic (exact) mass is 223 g/mol. The van der Waals surface area contributed by atoms with Crippen LogP contribution in [0.2, 0.25) is 0 Å². The number of hydrogen-bond donors (Lipinski definition) is 0. The normalized spacial score (nSPS) is 10.4. The molecule has 0 spiro atoms. The van der Waals surface area contributed by atoms with E-state index in [1.165, 1.54) is 0 Å². The van der Waals surface area contributed by atoms with Gasteiger partial charge in [0.25, 0.3) is 0 Å². The van der Waals surface area contributed by atoms with Crippen molar-refractivity contribution < 1.29 is 4.42 Å². The molecule has 0 N–H and O–H groups in total. The third-order valence-corrected chi connectivity index (χ3v) is 2.36. The number of rotatable bonds is 2. The molecule has 82 valence electrons. The molecule has 0 amide bonds. The molecule has 0 radical (unpaired) electrons. The van der Waals surface area contributed by atoms with E-state index in [2.05, 4.69) is 15.0 Å². The zero-order valence-corrected chi connectivity index (χ0v) is 8.95. The van der Waals surface area contributed by atoms with E-state index < -0.39 is 0 Å². The van der Waals surface area contributed by atoms with E-state index in [1.54, 1.807) is 31.0 Å². The summed E-state index contributed by atoms with van der Waals surface area (Å²) >= 11 is 0. The van der Waals surface area contributed by atoms with Gasteiger partial charge >= 0.3 is 0 Å². The van der Waals surface area contributed by atoms with Crippen LogP contribution < -0.4 is 0 Å². The van der Waals surface area contributed by atoms with E-state index in [0.29, 0.717) is 5.82 Å². The molecule has 17 heavy (non-hydrogen) atoms. The van der Waals surface area contributed by atoms with Crippen molar-refractivity contribution in [3.63, 3.8) is 0 Å². The van der Waals surface area contributed by atoms with Crippen LogP contribution in [0.3, 0.4) is 0 Å². The molecule has 0 aliphatic heterocycles. The van der Waals surface area contributed by atoms with Crippen molar-refractivity contribution in [3.05, 3.63) is 55.3 Å². The van der Waals surface area contributed by atoms with E-state index in [4.69, 9.17) is 4.42 Å². The predicted octanol–water partition coefficient (Wildman–Crippen LogP) is 2.80. The zero-order chi connectivity index (χ0) is 11.5. The van der Waals surface area contributed by atoms with Crippen LogP contribution in [0.4, 0.5) is 0 Å². The van der Waals surface area contributed by atoms with Crippen molar-refractivity contribution in [2.45, 2.75) is 0 Å². The Morgan fingerprint density at radius 2 is 1.71 bits per heavy atom. The standard InChI is InChI=1S/C13H9N3O/c1-3-11(10-5-8-17-9-10)16-12(4-1)13-14-6-2-7-15-13/h1-9H. The second-order valence-corrected chi connectivity index (χ2v) is 3.49. The minimum absolute atomic E-state index is 0.623. The van der Waals surface area contributed by atoms with Gasteiger partial charge in [0.15, 0.2) is 5.82 Å². The Morgan fingerprint density at radius 1 is 0.882 bits per heavy atom. The molecule has 0 saturated carbocycles. The van der Waals surface area contributed by atoms with Crippen molar-refractivity contribution >= 4 is 0 Å². The molecule has 0 aromatic carbocycles. The maximum absolute atomic E-state index is 5.04. The van der Waals surface area contributed by atoms with Gasteiger partial charge in [-0.15, -0.1) is 0 Å². The Hall–Kier alpha value is -2.49. The smallest absolute Gasteiger partial charge is 0.178 e. The van der Waals surface area contributed by atoms with Gasteiger partial charge < -0.3 is 4.42 Å². The third-order valence-electron chi connectivity index (χ3n) is 2.36. The van der Waals surface area contributed by atoms with Gasteiger partial charge in [0, 0.05) is 18.0 Å². The SMILES string of the molecule is c1cnc(-c2cccc(-c3ccoc3)n2)nc1. The van der Waals surface area contributed by atoms with Gasteiger partial charge in [-0.2, -0.15) is 0 Å². The minimum Gasteiger partial charge on any atom is -0.472 e. The number of furan rings is 1. The highest BCUT2D eigenvalue weighted by Gasteiger charge is 2.05. The van der Waals surface area contributed by atoms with Crippen molar-refractivity contribution in [1.82, 2.24) is 15.0 Å². The van der Waals surface area contributed by atoms with Crippen LogP contribution in [0, 0.1) is 0 Å². The summed E-state index contributed by atoms with van der Waals surface area (Å²) in [6, 6.07) is 9.40. The summed E-state index contributed by atoms with van der Waals surface area (Å²) in [6.45, 7) is 0. The van der Waals surface area contributed by atoms with Crippen LogP contribution in [0.5, 0.6) is 0 Å². The van der Waals surface area contributed by atoms with Gasteiger partial charge in [-0.05, 0) is 24.3 Å². The Labute approximate surface area is 98.0 Å². The van der Waals surface area contributed by atoms with Crippen LogP contribution >= 0.6 is 0 Å². The summed E-state index contributed by atoms with van der Waals surface area (Å²) in [4.78, 5) is 12.8. The molecule has 3 aromatic rings. The highest BCUT2D eigenvalue weighted by atomic mass is 16.3. The summed E-state index contributed by atoms with van der Waals surface area (Å²) < 4.78 is 5.04. The molecule has 0 fully saturated rings. The van der Waals surface area contributed by atoms with E-state index >= 15 is 0 Å². The number of pyridine rings is 1. The molecule has 0 bridgehead atoms. The molecule has 3 heterocycles. The molecular weight excluding hydrogens is 214 g/mol. The average Bonchev–Trinajstić information content (AvgIpc) is 2.94. The maximum Gasteiger partial charge on any atom is 0.178 e. The molecule has 0 aliphatic carbocycles. The first-order valence-corrected chi connectivity index (χ1v) is 5.20. The number of nitrogens with zero attached hydrogens (tertiary/aromatic N) is 3. The van der Waals surface area contributed by atoms with Crippen LogP contribution in [0.1, 0.15) is 0 Å². The number of aromatic nitrogens is 3. The summed E-state index contributed by atoms with van der Waals surface area (Å²) in [5.74, 6) is 0.623. The zero-order valence-electron chi connectivity index (χ0n) is 8.95. The van der Waals surface area contributed by atoms with Crippen molar-refractivity contribution in [2.75, 3.05) is 0 Å². The summed E-state index contributed by atoms with van der Waals surface area (Å²) in [6.07, 6.45) is 6.70. The van der Waals surface area contributed by atoms with Gasteiger partial charge in [0.1, 0.15) is 5.69 Å². The molecule has 0 unspecified atom stereocenters. The first-order chi connectivity index (χ1) is 8.43. The van der Waals surface area contributed by atoms with Crippen molar-refractivity contribution in [1.29, 1.82) is 0 Å². The summed E-state index contributed by atoms with van der Waals surface area (Å²) in [5.41, 5.74) is 2.55. The fraction of sp³-hybridized carbons (Fsp3) is 0. The molecule has 4 nitrogen and oxygen atoms in total. The van der Waals surface area contributed by atoms with Gasteiger partial charge in [0.2, 0.25) is 0 Å². The van der Waals surface area contributed by atoms with Crippen molar-refractivity contribution in [2.24, 2.45) is 0 Å². The van der Waals surface area contributed by atoms with E-state index in [0.717, 1.165) is 17.0 Å². The molecule has 0 atom stereocenters. The van der Waals surface area contributed by atoms with E-state index in [1.807, 2.05) is 24.3 Å². The lowest BCUT2D eigenvalue weighted by Gasteiger charge is -2.00. The average molecular weight is 223 g/mol. The molecule has 0 saturated heterocycles. The molecular formula is C13H9N3O. The fourth-order valence-electron chi connectivity index (χ4n) is 1.56. The van der Waals surface area contributed by atoms with Crippen LogP contribution in [-0.4, -0.2) is 15.0 Å². The lowest BCUT2D eigenvalue weighted by molar-refractivity contribution is 0.568. The minimum atomic E-state index is 0.623. The van der Waals surface area contributed by atoms with Crippen molar-refractivity contribution in [3.8, 4) is 22.8 Å². The molecule has 0 aliphatic rings. The Morgan fingerprint density at radius 3 is 2.47 bits per heavy atom. The van der Waals surface area contributed by atoms with Gasteiger partial charge in [-0.3, -0.25) is 0 Å². The molecule has 3 rings (SSSR count). The van der Waals surface area contributed by atoms with Crippen LogP contribution in [-0.2, 0) is 0 Å². The topological polar surface area (TPSA) is 51.8 Å². The fourth-order valence-corrected chi connectivity index (χ4v) is 1.56. The molecule has 3 aromatic heterocycles. The van der Waals surface area contributed by atoms with Gasteiger partial charge in [-0.1, -0.05) is 6.07 Å². The first kappa shape index (κ1) is 9.72. The lowest BCUT2D eigenvalue weighted by atomic mass is 10.2. The quantitative estimate of drug-likeness (QED) is 0.670. The first-order valence-electron chi connectivity index (χ1n) is 5.20. The predicted molar refractivity (Wildman–Crippen MR) is 63.0 cm³/mol. The van der Waals surface area contributed by atoms with Gasteiger partial charge in [0.05, 0.1) is 18.2 Å². The van der Waals surface area contributed by atoms with Crippen LogP contribution in [0.25, 0.3) is 22.8 Å². The highest BCUT2D eigenvalue weighted by molar-refractivity contribution is 5.61. The summed E-state index contributed by atoms with van der Waals surface area (Å²) in [7, 11) is 0. The largest absolute Gasteiger partial charge is 0.472 e. The Bertz CT molecular complexity index is 606. The second-order valence-electron chi connectivity index (χ2n) is 3.49. The third kappa shape index (κ3) is 1.92. The van der Waals surface area contributed by atoms with Crippen LogP contribution in [0.15, 0.2) is 59.7 Å². The van der Waals surface area contributed by atoms with E-state index in [-0.39, 0.29) is 0 Å². The maximum atomic E-state index is 5.04.